The lowest BCUT2D eigenvalue weighted by Crippen LogP contribution is -2.35. The highest BCUT2D eigenvalue weighted by atomic mass is 35.5. The number of fused-ring (bicyclic) bond motifs is 1. The van der Waals surface area contributed by atoms with Crippen LogP contribution in [-0.2, 0) is 10.0 Å². The maximum Gasteiger partial charge on any atom is 0.243 e. The average Bonchev–Trinajstić information content (AvgIpc) is 3.12. The number of nitrogens with one attached hydrogen (secondary N) is 1. The third kappa shape index (κ3) is 2.96. The van der Waals surface area contributed by atoms with Crippen molar-refractivity contribution in [3.05, 3.63) is 41.4 Å². The third-order valence-corrected chi connectivity index (χ3v) is 6.83. The average molecular weight is 392 g/mol. The Hall–Kier alpha value is -2.09. The summed E-state index contributed by atoms with van der Waals surface area (Å²) in [5.41, 5.74) is 1.50. The monoisotopic (exact) mass is 391 g/mol. The van der Waals surface area contributed by atoms with E-state index >= 15 is 0 Å². The van der Waals surface area contributed by atoms with Crippen molar-refractivity contribution in [2.75, 3.05) is 13.1 Å². The Morgan fingerprint density at radius 3 is 2.62 bits per heavy atom. The van der Waals surface area contributed by atoms with Crippen molar-refractivity contribution >= 4 is 32.7 Å². The molecule has 0 amide bonds. The zero-order chi connectivity index (χ0) is 18.3. The van der Waals surface area contributed by atoms with Crippen LogP contribution in [0.25, 0.3) is 22.4 Å². The molecule has 0 atom stereocenters. The Morgan fingerprint density at radius 1 is 1.12 bits per heavy atom. The maximum atomic E-state index is 12.9. The largest absolute Gasteiger partial charge is 0.506 e. The van der Waals surface area contributed by atoms with Crippen molar-refractivity contribution < 1.29 is 13.5 Å². The van der Waals surface area contributed by atoms with Crippen LogP contribution in [0.3, 0.4) is 0 Å². The van der Waals surface area contributed by atoms with E-state index in [1.165, 1.54) is 10.4 Å². The van der Waals surface area contributed by atoms with Crippen LogP contribution in [0.5, 0.6) is 5.75 Å². The van der Waals surface area contributed by atoms with Crippen LogP contribution in [0, 0.1) is 0 Å². The van der Waals surface area contributed by atoms with Gasteiger partial charge < -0.3 is 10.1 Å². The molecule has 1 saturated heterocycles. The summed E-state index contributed by atoms with van der Waals surface area (Å²) in [7, 11) is -3.52. The minimum atomic E-state index is -3.52. The molecule has 136 valence electrons. The minimum Gasteiger partial charge on any atom is -0.506 e. The first-order valence-corrected chi connectivity index (χ1v) is 10.3. The number of hydrogen-bond donors (Lipinski definition) is 2. The molecule has 2 N–H and O–H groups in total. The molecule has 26 heavy (non-hydrogen) atoms. The molecule has 2 heterocycles. The van der Waals surface area contributed by atoms with Crippen molar-refractivity contribution in [3.8, 4) is 17.1 Å². The van der Waals surface area contributed by atoms with Crippen molar-refractivity contribution in [2.24, 2.45) is 0 Å². The van der Waals surface area contributed by atoms with Gasteiger partial charge in [0.05, 0.1) is 9.92 Å². The molecule has 4 rings (SSSR count). The number of rotatable bonds is 3. The fourth-order valence-electron chi connectivity index (χ4n) is 3.24. The van der Waals surface area contributed by atoms with E-state index in [1.807, 2.05) is 0 Å². The number of hydrogen-bond acceptors (Lipinski definition) is 4. The number of piperidine rings is 1. The molecule has 8 heteroatoms. The van der Waals surface area contributed by atoms with E-state index in [2.05, 4.69) is 9.97 Å². The molecule has 2 aromatic carbocycles. The van der Waals surface area contributed by atoms with Crippen LogP contribution in [0.2, 0.25) is 5.02 Å². The second-order valence-corrected chi connectivity index (χ2v) is 8.71. The zero-order valence-electron chi connectivity index (χ0n) is 13.9. The van der Waals surface area contributed by atoms with E-state index in [0.717, 1.165) is 19.3 Å². The summed E-state index contributed by atoms with van der Waals surface area (Å²) in [5, 5.41) is 10.4. The van der Waals surface area contributed by atoms with Gasteiger partial charge in [0.25, 0.3) is 0 Å². The first-order valence-electron chi connectivity index (χ1n) is 8.44. The SMILES string of the molecule is O=S(=O)(c1cccc(-c2nc3c(Cl)ccc(O)c3[nH]2)c1)N1CCCCC1. The van der Waals surface area contributed by atoms with Crippen molar-refractivity contribution in [3.63, 3.8) is 0 Å². The van der Waals surface area contributed by atoms with E-state index in [0.29, 0.717) is 40.5 Å². The van der Waals surface area contributed by atoms with Crippen LogP contribution >= 0.6 is 11.6 Å². The highest BCUT2D eigenvalue weighted by molar-refractivity contribution is 7.89. The number of aromatic amines is 1. The van der Waals surface area contributed by atoms with Gasteiger partial charge in [0.1, 0.15) is 22.6 Å². The number of H-pyrrole nitrogens is 1. The normalized spacial score (nSPS) is 16.2. The van der Waals surface area contributed by atoms with Gasteiger partial charge in [0, 0.05) is 18.7 Å². The summed E-state index contributed by atoms with van der Waals surface area (Å²) in [5.74, 6) is 0.499. The van der Waals surface area contributed by atoms with E-state index in [4.69, 9.17) is 11.6 Å². The number of aromatic hydroxyl groups is 1. The van der Waals surface area contributed by atoms with Crippen molar-refractivity contribution in [1.29, 1.82) is 0 Å². The summed E-state index contributed by atoms with van der Waals surface area (Å²) in [4.78, 5) is 7.69. The van der Waals surface area contributed by atoms with Crippen molar-refractivity contribution in [1.82, 2.24) is 14.3 Å². The fourth-order valence-corrected chi connectivity index (χ4v) is 5.00. The maximum absolute atomic E-state index is 12.9. The van der Waals surface area contributed by atoms with Crippen LogP contribution in [0.15, 0.2) is 41.3 Å². The Morgan fingerprint density at radius 2 is 1.88 bits per heavy atom. The smallest absolute Gasteiger partial charge is 0.243 e. The number of phenols is 1. The highest BCUT2D eigenvalue weighted by Gasteiger charge is 2.26. The number of phenolic OH excluding ortho intramolecular Hbond substituents is 1. The van der Waals surface area contributed by atoms with Gasteiger partial charge in [-0.15, -0.1) is 0 Å². The van der Waals surface area contributed by atoms with Gasteiger partial charge in [-0.2, -0.15) is 4.31 Å². The van der Waals surface area contributed by atoms with E-state index < -0.39 is 10.0 Å². The summed E-state index contributed by atoms with van der Waals surface area (Å²) >= 11 is 6.14. The van der Waals surface area contributed by atoms with Gasteiger partial charge >= 0.3 is 0 Å². The summed E-state index contributed by atoms with van der Waals surface area (Å²) in [6.45, 7) is 1.11. The molecule has 1 aromatic heterocycles. The molecule has 1 fully saturated rings. The third-order valence-electron chi connectivity index (χ3n) is 4.63. The Balaban J connectivity index is 1.77. The molecule has 0 unspecified atom stereocenters. The predicted molar refractivity (Wildman–Crippen MR) is 101 cm³/mol. The van der Waals surface area contributed by atoms with Gasteiger partial charge in [0.15, 0.2) is 0 Å². The lowest BCUT2D eigenvalue weighted by atomic mass is 10.2. The van der Waals surface area contributed by atoms with Crippen molar-refractivity contribution in [2.45, 2.75) is 24.2 Å². The van der Waals surface area contributed by atoms with Crippen LogP contribution in [-0.4, -0.2) is 40.9 Å². The number of imidazole rings is 1. The summed E-state index contributed by atoms with van der Waals surface area (Å²) in [6, 6.07) is 9.73. The molecule has 3 aromatic rings. The van der Waals surface area contributed by atoms with Gasteiger partial charge in [-0.3, -0.25) is 0 Å². The van der Waals surface area contributed by atoms with Gasteiger partial charge in [-0.25, -0.2) is 13.4 Å². The lowest BCUT2D eigenvalue weighted by Gasteiger charge is -2.25. The Bertz CT molecular complexity index is 1030. The molecule has 0 spiro atoms. The molecule has 6 nitrogen and oxygen atoms in total. The molecule has 0 radical (unpaired) electrons. The first-order chi connectivity index (χ1) is 12.5. The molecular formula is C18H18ClN3O3S. The van der Waals surface area contributed by atoms with E-state index in [-0.39, 0.29) is 10.6 Å². The van der Waals surface area contributed by atoms with Crippen LogP contribution in [0.4, 0.5) is 0 Å². The predicted octanol–water partition coefficient (Wildman–Crippen LogP) is 3.76. The molecule has 0 aliphatic carbocycles. The number of aromatic nitrogens is 2. The second kappa shape index (κ2) is 6.57. The summed E-state index contributed by atoms with van der Waals surface area (Å²) in [6.07, 6.45) is 2.84. The highest BCUT2D eigenvalue weighted by Crippen LogP contribution is 2.32. The molecule has 0 saturated carbocycles. The first kappa shape index (κ1) is 17.3. The Labute approximate surface area is 156 Å². The molecular weight excluding hydrogens is 374 g/mol. The number of halogens is 1. The fraction of sp³-hybridized carbons (Fsp3) is 0.278. The standard InChI is InChI=1S/C18H18ClN3O3S/c19-14-7-8-15(23)17-16(14)20-18(21-17)12-5-4-6-13(11-12)26(24,25)22-9-2-1-3-10-22/h4-8,11,23H,1-3,9-10H2,(H,20,21). The second-order valence-electron chi connectivity index (χ2n) is 6.37. The van der Waals surface area contributed by atoms with Gasteiger partial charge in [-0.05, 0) is 37.1 Å². The molecule has 0 bridgehead atoms. The number of benzene rings is 2. The lowest BCUT2D eigenvalue weighted by molar-refractivity contribution is 0.346. The Kier molecular flexibility index (Phi) is 4.38. The number of nitrogens with zero attached hydrogens (tertiary/aromatic N) is 2. The van der Waals surface area contributed by atoms with E-state index in [1.54, 1.807) is 30.3 Å². The summed E-state index contributed by atoms with van der Waals surface area (Å²) < 4.78 is 27.3. The van der Waals surface area contributed by atoms with Crippen LogP contribution < -0.4 is 0 Å². The molecule has 1 aliphatic heterocycles. The quantitative estimate of drug-likeness (QED) is 0.711. The van der Waals surface area contributed by atoms with Crippen LogP contribution in [0.1, 0.15) is 19.3 Å². The number of sulfonamides is 1. The van der Waals surface area contributed by atoms with Gasteiger partial charge in [-0.1, -0.05) is 30.2 Å². The topological polar surface area (TPSA) is 86.3 Å². The van der Waals surface area contributed by atoms with Gasteiger partial charge in [0.2, 0.25) is 10.0 Å². The minimum absolute atomic E-state index is 0.0419. The molecule has 1 aliphatic rings. The van der Waals surface area contributed by atoms with E-state index in [9.17, 15) is 13.5 Å². The zero-order valence-corrected chi connectivity index (χ0v) is 15.5.